The van der Waals surface area contributed by atoms with Crippen LogP contribution in [0.4, 0.5) is 40.2 Å². The van der Waals surface area contributed by atoms with Crippen LogP contribution >= 0.6 is 11.3 Å². The van der Waals surface area contributed by atoms with Crippen molar-refractivity contribution in [3.8, 4) is 10.6 Å². The molecule has 5 aromatic rings. The van der Waals surface area contributed by atoms with Crippen LogP contribution in [0.15, 0.2) is 40.2 Å². The van der Waals surface area contributed by atoms with Crippen molar-refractivity contribution in [3.05, 3.63) is 68.5 Å². The molecule has 1 unspecified atom stereocenters. The molecular weight excluding hydrogens is 738 g/mol. The summed E-state index contributed by atoms with van der Waals surface area (Å²) in [5, 5.41) is 13.1. The minimum absolute atomic E-state index is 0.0101. The van der Waals surface area contributed by atoms with Crippen molar-refractivity contribution in [3.63, 3.8) is 0 Å². The standard InChI is InChI=1S/C37H41F3N10O4S/c1-6-46-19-27(34(53)22-14-25(38)29(16-28(22)46)49-12-10-48(11-13-49)21(4)51)41-36(54)42-37-44-43-35(55-37)24-18-47(7-2)31-23(33(24)52)15-26(39)32(30(31)40)50-9-8-45(5)20(3)17-50/h14-16,18-20H,6-13,17H2,1-5H3,(H2,41,42,44,54). The summed E-state index contributed by atoms with van der Waals surface area (Å²) in [4.78, 5) is 59.5. The molecule has 3 amide bonds. The van der Waals surface area contributed by atoms with Crippen molar-refractivity contribution in [2.75, 3.05) is 73.3 Å². The maximum absolute atomic E-state index is 16.1. The van der Waals surface area contributed by atoms with Crippen molar-refractivity contribution >= 4 is 67.3 Å². The van der Waals surface area contributed by atoms with Crippen LogP contribution in [0, 0.1) is 17.5 Å². The molecule has 0 radical (unpaired) electrons. The van der Waals surface area contributed by atoms with E-state index >= 15 is 13.2 Å². The zero-order valence-electron chi connectivity index (χ0n) is 31.1. The Morgan fingerprint density at radius 1 is 0.855 bits per heavy atom. The zero-order chi connectivity index (χ0) is 39.3. The van der Waals surface area contributed by atoms with Gasteiger partial charge in [0.05, 0.1) is 33.1 Å². The number of rotatable bonds is 7. The Hall–Kier alpha value is -5.49. The number of carbonyl (C=O) groups excluding carboxylic acids is 2. The summed E-state index contributed by atoms with van der Waals surface area (Å²) in [7, 11) is 1.96. The molecule has 2 aliphatic rings. The highest BCUT2D eigenvalue weighted by atomic mass is 32.1. The molecule has 290 valence electrons. The fourth-order valence-corrected chi connectivity index (χ4v) is 8.05. The highest BCUT2D eigenvalue weighted by molar-refractivity contribution is 7.18. The van der Waals surface area contributed by atoms with Crippen molar-refractivity contribution in [1.82, 2.24) is 29.1 Å². The van der Waals surface area contributed by atoms with E-state index in [9.17, 15) is 19.2 Å². The van der Waals surface area contributed by atoms with Gasteiger partial charge in [0.15, 0.2) is 16.3 Å². The summed E-state index contributed by atoms with van der Waals surface area (Å²) in [6.45, 7) is 11.1. The van der Waals surface area contributed by atoms with E-state index in [0.29, 0.717) is 63.6 Å². The van der Waals surface area contributed by atoms with Crippen LogP contribution in [-0.2, 0) is 17.9 Å². The normalized spacial score (nSPS) is 16.7. The number of hydrogen-bond acceptors (Lipinski definition) is 10. The molecule has 14 nitrogen and oxygen atoms in total. The van der Waals surface area contributed by atoms with Crippen molar-refractivity contribution in [2.24, 2.45) is 0 Å². The summed E-state index contributed by atoms with van der Waals surface area (Å²) in [5.74, 6) is -2.28. The number of urea groups is 1. The van der Waals surface area contributed by atoms with Crippen LogP contribution in [0.1, 0.15) is 27.7 Å². The molecule has 2 aliphatic heterocycles. The monoisotopic (exact) mass is 778 g/mol. The number of nitrogens with zero attached hydrogens (tertiary/aromatic N) is 8. The van der Waals surface area contributed by atoms with E-state index in [0.717, 1.165) is 23.5 Å². The Kier molecular flexibility index (Phi) is 10.3. The maximum atomic E-state index is 16.1. The van der Waals surface area contributed by atoms with Crippen LogP contribution in [-0.4, -0.2) is 100.0 Å². The topological polar surface area (TPSA) is 141 Å². The van der Waals surface area contributed by atoms with E-state index in [4.69, 9.17) is 0 Å². The number of aryl methyl sites for hydroxylation is 2. The van der Waals surface area contributed by atoms with Gasteiger partial charge in [0, 0.05) is 84.3 Å². The molecular formula is C37H41F3N10O4S. The fourth-order valence-electron chi connectivity index (χ4n) is 7.31. The van der Waals surface area contributed by atoms with Crippen molar-refractivity contribution < 1.29 is 22.8 Å². The third-order valence-corrected chi connectivity index (χ3v) is 11.4. The predicted molar refractivity (Wildman–Crippen MR) is 208 cm³/mol. The Labute approximate surface area is 317 Å². The molecule has 2 fully saturated rings. The van der Waals surface area contributed by atoms with Crippen LogP contribution in [0.3, 0.4) is 0 Å². The van der Waals surface area contributed by atoms with Gasteiger partial charge in [-0.3, -0.25) is 19.7 Å². The number of amides is 3. The first kappa shape index (κ1) is 37.8. The Bertz CT molecular complexity index is 2460. The van der Waals surface area contributed by atoms with Gasteiger partial charge < -0.3 is 34.1 Å². The molecule has 0 spiro atoms. The molecule has 7 rings (SSSR count). The number of anilines is 4. The van der Waals surface area contributed by atoms with E-state index < -0.39 is 34.3 Å². The first-order valence-electron chi connectivity index (χ1n) is 18.1. The third kappa shape index (κ3) is 6.99. The molecule has 18 heteroatoms. The van der Waals surface area contributed by atoms with E-state index in [1.165, 1.54) is 23.9 Å². The van der Waals surface area contributed by atoms with E-state index in [1.54, 1.807) is 27.4 Å². The molecule has 0 aliphatic carbocycles. The van der Waals surface area contributed by atoms with Crippen LogP contribution < -0.4 is 31.3 Å². The molecule has 5 heterocycles. The molecule has 0 bridgehead atoms. The maximum Gasteiger partial charge on any atom is 0.325 e. The Balaban J connectivity index is 1.13. The highest BCUT2D eigenvalue weighted by Crippen LogP contribution is 2.34. The lowest BCUT2D eigenvalue weighted by Crippen LogP contribution is -2.50. The summed E-state index contributed by atoms with van der Waals surface area (Å²) in [6, 6.07) is 3.09. The molecule has 2 aromatic carbocycles. The van der Waals surface area contributed by atoms with E-state index in [1.807, 2.05) is 25.8 Å². The van der Waals surface area contributed by atoms with E-state index in [2.05, 4.69) is 25.7 Å². The lowest BCUT2D eigenvalue weighted by molar-refractivity contribution is -0.129. The largest absolute Gasteiger partial charge is 0.366 e. The van der Waals surface area contributed by atoms with Crippen LogP contribution in [0.2, 0.25) is 0 Å². The number of carbonyl (C=O) groups is 2. The number of pyridine rings is 2. The molecule has 1 atom stereocenters. The first-order chi connectivity index (χ1) is 26.3. The zero-order valence-corrected chi connectivity index (χ0v) is 31.9. The Morgan fingerprint density at radius 2 is 1.55 bits per heavy atom. The highest BCUT2D eigenvalue weighted by Gasteiger charge is 2.29. The van der Waals surface area contributed by atoms with Gasteiger partial charge >= 0.3 is 6.03 Å². The lowest BCUT2D eigenvalue weighted by atomic mass is 10.1. The number of nitrogens with one attached hydrogen (secondary N) is 2. The second kappa shape index (κ2) is 15.0. The molecule has 2 saturated heterocycles. The smallest absolute Gasteiger partial charge is 0.325 e. The molecule has 3 aromatic heterocycles. The molecule has 2 N–H and O–H groups in total. The third-order valence-electron chi connectivity index (χ3n) is 10.5. The van der Waals surface area contributed by atoms with Gasteiger partial charge in [-0.1, -0.05) is 11.3 Å². The van der Waals surface area contributed by atoms with Crippen LogP contribution in [0.25, 0.3) is 32.4 Å². The number of hydrogen-bond donors (Lipinski definition) is 2. The van der Waals surface area contributed by atoms with Crippen molar-refractivity contribution in [2.45, 2.75) is 46.8 Å². The van der Waals surface area contributed by atoms with Gasteiger partial charge in [-0.25, -0.2) is 18.0 Å². The first-order valence-corrected chi connectivity index (χ1v) is 18.9. The van der Waals surface area contributed by atoms with Gasteiger partial charge in [0.2, 0.25) is 16.5 Å². The Morgan fingerprint density at radius 3 is 2.22 bits per heavy atom. The summed E-state index contributed by atoms with van der Waals surface area (Å²) >= 11 is 0.867. The quantitative estimate of drug-likeness (QED) is 0.240. The minimum Gasteiger partial charge on any atom is -0.366 e. The molecule has 0 saturated carbocycles. The predicted octanol–water partition coefficient (Wildman–Crippen LogP) is 4.74. The van der Waals surface area contributed by atoms with Gasteiger partial charge in [0.1, 0.15) is 23.0 Å². The average molecular weight is 779 g/mol. The second-order valence-electron chi connectivity index (χ2n) is 13.8. The number of aromatic nitrogens is 4. The van der Waals surface area contributed by atoms with Crippen molar-refractivity contribution in [1.29, 1.82) is 0 Å². The second-order valence-corrected chi connectivity index (χ2v) is 14.8. The van der Waals surface area contributed by atoms with Crippen LogP contribution in [0.5, 0.6) is 0 Å². The number of halogens is 3. The summed E-state index contributed by atoms with van der Waals surface area (Å²) in [6.07, 6.45) is 2.92. The van der Waals surface area contributed by atoms with Gasteiger partial charge in [0.25, 0.3) is 0 Å². The lowest BCUT2D eigenvalue weighted by Gasteiger charge is -2.39. The average Bonchev–Trinajstić information content (AvgIpc) is 3.62. The van der Waals surface area contributed by atoms with Gasteiger partial charge in [-0.15, -0.1) is 10.2 Å². The number of likely N-dealkylation sites (N-methyl/N-ethyl adjacent to an activating group) is 1. The number of benzene rings is 2. The van der Waals surface area contributed by atoms with E-state index in [-0.39, 0.29) is 61.9 Å². The number of piperazine rings is 2. The SMILES string of the molecule is CCn1cc(NC(=O)Nc2nnc(-c3cn(CC)c4c(F)c(N5CCN(C)C(C)C5)c(F)cc4c3=O)s2)c(=O)c2cc(F)c(N3CCN(C(C)=O)CC3)cc21. The summed E-state index contributed by atoms with van der Waals surface area (Å²) in [5.41, 5.74) is -0.679. The molecule has 55 heavy (non-hydrogen) atoms. The van der Waals surface area contributed by atoms with Gasteiger partial charge in [-0.2, -0.15) is 0 Å². The van der Waals surface area contributed by atoms with Gasteiger partial charge in [-0.05, 0) is 46.0 Å². The number of fused-ring (bicyclic) bond motifs is 2. The fraction of sp³-hybridized carbons (Fsp3) is 0.405. The summed E-state index contributed by atoms with van der Waals surface area (Å²) < 4.78 is 50.5. The minimum atomic E-state index is -0.835.